The van der Waals surface area contributed by atoms with E-state index >= 15 is 0 Å². The molecule has 0 aliphatic carbocycles. The van der Waals surface area contributed by atoms with Gasteiger partial charge in [-0.1, -0.05) is 28.2 Å². The van der Waals surface area contributed by atoms with E-state index in [4.69, 9.17) is 10.8 Å². The third kappa shape index (κ3) is 8.21. The first-order chi connectivity index (χ1) is 9.43. The summed E-state index contributed by atoms with van der Waals surface area (Å²) in [4.78, 5) is 22.5. The third-order valence-corrected chi connectivity index (χ3v) is 5.48. The van der Waals surface area contributed by atoms with E-state index < -0.39 is 12.0 Å². The fourth-order valence-electron chi connectivity index (χ4n) is 1.43. The van der Waals surface area contributed by atoms with Crippen LogP contribution in [0.3, 0.4) is 0 Å². The molecule has 0 heterocycles. The first-order valence-corrected chi connectivity index (χ1v) is 9.93. The molecule has 0 aromatic heterocycles. The minimum Gasteiger partial charge on any atom is -0.481 e. The van der Waals surface area contributed by atoms with Gasteiger partial charge in [0.1, 0.15) is 5.75 Å². The van der Waals surface area contributed by atoms with Crippen molar-refractivity contribution in [3.8, 4) is 0 Å². The van der Waals surface area contributed by atoms with Gasteiger partial charge in [-0.05, 0) is 25.5 Å². The molecule has 0 aromatic carbocycles. The number of carbonyl (C=O) groups is 2. The van der Waals surface area contributed by atoms with Gasteiger partial charge in [-0.15, -0.1) is 0 Å². The second-order valence-electron chi connectivity index (χ2n) is 4.06. The minimum absolute atomic E-state index is 0.000608. The maximum Gasteiger partial charge on any atom is 0.314 e. The Labute approximate surface area is 132 Å². The molecule has 0 rings (SSSR count). The van der Waals surface area contributed by atoms with Gasteiger partial charge in [-0.25, -0.2) is 0 Å². The summed E-state index contributed by atoms with van der Waals surface area (Å²) in [7, 11) is 4.28. The van der Waals surface area contributed by atoms with Crippen LogP contribution in [0, 0.1) is 0 Å². The quantitative estimate of drug-likeness (QED) is 0.278. The number of carboxylic acids is 1. The normalized spacial score (nSPS) is 13.8. The van der Waals surface area contributed by atoms with Gasteiger partial charge in [0, 0.05) is 17.4 Å². The van der Waals surface area contributed by atoms with Crippen molar-refractivity contribution >= 4 is 45.1 Å². The van der Waals surface area contributed by atoms with Crippen molar-refractivity contribution in [2.75, 3.05) is 30.6 Å². The molecule has 0 saturated carbocycles. The standard InChI is InChI=1S/C12H22N2O3S3/c1-8(10(14-2)4-5-18-3)12(17)9(13)6-19-20-7-11(15)16/h9-10,14H,1,4-7,13H2,2-3H3,(H,15,16)/t9?,10-/m0/s1. The number of nitrogens with one attached hydrogen (secondary N) is 1. The molecular weight excluding hydrogens is 316 g/mol. The molecule has 2 atom stereocenters. The number of hydrogen-bond donors (Lipinski definition) is 3. The second kappa shape index (κ2) is 11.5. The minimum atomic E-state index is -0.876. The van der Waals surface area contributed by atoms with E-state index in [1.54, 1.807) is 18.8 Å². The van der Waals surface area contributed by atoms with Crippen molar-refractivity contribution in [2.45, 2.75) is 18.5 Å². The number of carbonyl (C=O) groups excluding carboxylic acids is 1. The highest BCUT2D eigenvalue weighted by molar-refractivity contribution is 8.76. The summed E-state index contributed by atoms with van der Waals surface area (Å²) < 4.78 is 0. The van der Waals surface area contributed by atoms with Crippen LogP contribution >= 0.6 is 33.3 Å². The monoisotopic (exact) mass is 338 g/mol. The Hall–Kier alpha value is -0.150. The van der Waals surface area contributed by atoms with Crippen LogP contribution in [-0.4, -0.2) is 59.5 Å². The fraction of sp³-hybridized carbons (Fsp3) is 0.667. The van der Waals surface area contributed by atoms with Crippen LogP contribution in [0.4, 0.5) is 0 Å². The number of ketones is 1. The van der Waals surface area contributed by atoms with E-state index in [1.165, 1.54) is 21.6 Å². The molecule has 5 nitrogen and oxygen atoms in total. The number of likely N-dealkylation sites (N-methyl/N-ethyl adjacent to an activating group) is 1. The summed E-state index contributed by atoms with van der Waals surface area (Å²) in [5.41, 5.74) is 6.33. The van der Waals surface area contributed by atoms with Gasteiger partial charge in [-0.3, -0.25) is 9.59 Å². The lowest BCUT2D eigenvalue weighted by Gasteiger charge is -2.20. The number of aliphatic carboxylic acids is 1. The Kier molecular flexibility index (Phi) is 11.4. The van der Waals surface area contributed by atoms with Gasteiger partial charge in [-0.2, -0.15) is 11.8 Å². The van der Waals surface area contributed by atoms with Crippen molar-refractivity contribution in [1.82, 2.24) is 5.32 Å². The van der Waals surface area contributed by atoms with Crippen molar-refractivity contribution in [1.29, 1.82) is 0 Å². The Morgan fingerprint density at radius 2 is 2.05 bits per heavy atom. The number of carboxylic acid groups (broad SMARTS) is 1. The maximum absolute atomic E-state index is 12.1. The maximum atomic E-state index is 12.1. The molecule has 0 fully saturated rings. The van der Waals surface area contributed by atoms with E-state index in [0.29, 0.717) is 11.3 Å². The molecule has 0 aliphatic rings. The third-order valence-electron chi connectivity index (χ3n) is 2.55. The molecule has 1 unspecified atom stereocenters. The highest BCUT2D eigenvalue weighted by Gasteiger charge is 2.22. The average Bonchev–Trinajstić information content (AvgIpc) is 2.42. The summed E-state index contributed by atoms with van der Waals surface area (Å²) >= 11 is 1.72. The molecule has 8 heteroatoms. The first kappa shape index (κ1) is 19.9. The Morgan fingerprint density at radius 1 is 1.40 bits per heavy atom. The van der Waals surface area contributed by atoms with Crippen molar-refractivity contribution in [2.24, 2.45) is 5.73 Å². The Bertz CT molecular complexity index is 340. The summed E-state index contributed by atoms with van der Waals surface area (Å²) in [6.07, 6.45) is 2.84. The lowest BCUT2D eigenvalue weighted by atomic mass is 9.98. The Morgan fingerprint density at radius 3 is 2.55 bits per heavy atom. The zero-order valence-corrected chi connectivity index (χ0v) is 14.2. The van der Waals surface area contributed by atoms with Crippen molar-refractivity contribution < 1.29 is 14.7 Å². The topological polar surface area (TPSA) is 92.4 Å². The van der Waals surface area contributed by atoms with Crippen LogP contribution in [0.5, 0.6) is 0 Å². The number of hydrogen-bond acceptors (Lipinski definition) is 7. The van der Waals surface area contributed by atoms with Crippen molar-refractivity contribution in [3.63, 3.8) is 0 Å². The smallest absolute Gasteiger partial charge is 0.314 e. The number of rotatable bonds is 12. The molecule has 0 aromatic rings. The van der Waals surface area contributed by atoms with Crippen molar-refractivity contribution in [3.05, 3.63) is 12.2 Å². The van der Waals surface area contributed by atoms with Crippen LogP contribution in [0.1, 0.15) is 6.42 Å². The van der Waals surface area contributed by atoms with Crippen LogP contribution in [0.15, 0.2) is 12.2 Å². The zero-order chi connectivity index (χ0) is 15.5. The molecule has 20 heavy (non-hydrogen) atoms. The molecular formula is C12H22N2O3S3. The molecule has 0 radical (unpaired) electrons. The average molecular weight is 339 g/mol. The summed E-state index contributed by atoms with van der Waals surface area (Å²) in [5.74, 6) is 0.290. The highest BCUT2D eigenvalue weighted by atomic mass is 33.1. The predicted octanol–water partition coefficient (Wildman–Crippen LogP) is 1.25. The number of Topliss-reactive ketones (excluding diaryl/α,β-unsaturated/α-hetero) is 1. The van der Waals surface area contributed by atoms with E-state index in [2.05, 4.69) is 11.9 Å². The van der Waals surface area contributed by atoms with E-state index in [1.807, 2.05) is 6.26 Å². The SMILES string of the molecule is C=C(C(=O)C(N)CSSCC(=O)O)[C@H](CCSC)NC. The van der Waals surface area contributed by atoms with Gasteiger partial charge in [0.15, 0.2) is 5.78 Å². The molecule has 0 bridgehead atoms. The molecule has 0 saturated heterocycles. The van der Waals surface area contributed by atoms with Gasteiger partial charge in [0.05, 0.1) is 6.04 Å². The lowest BCUT2D eigenvalue weighted by Crippen LogP contribution is -2.40. The first-order valence-electron chi connectivity index (χ1n) is 6.05. The van der Waals surface area contributed by atoms with Crippen LogP contribution in [-0.2, 0) is 9.59 Å². The molecule has 0 aliphatic heterocycles. The van der Waals surface area contributed by atoms with Gasteiger partial charge in [0.25, 0.3) is 0 Å². The van der Waals surface area contributed by atoms with Gasteiger partial charge >= 0.3 is 5.97 Å². The molecule has 0 spiro atoms. The van der Waals surface area contributed by atoms with Gasteiger partial charge < -0.3 is 16.2 Å². The Balaban J connectivity index is 4.19. The van der Waals surface area contributed by atoms with E-state index in [9.17, 15) is 9.59 Å². The summed E-state index contributed by atoms with van der Waals surface area (Å²) in [6, 6.07) is -0.698. The number of nitrogens with two attached hydrogens (primary N) is 1. The van der Waals surface area contributed by atoms with E-state index in [0.717, 1.165) is 12.2 Å². The number of thioether (sulfide) groups is 1. The molecule has 4 N–H and O–H groups in total. The fourth-order valence-corrected chi connectivity index (χ4v) is 3.76. The largest absolute Gasteiger partial charge is 0.481 e. The zero-order valence-electron chi connectivity index (χ0n) is 11.8. The highest BCUT2D eigenvalue weighted by Crippen LogP contribution is 2.22. The van der Waals surface area contributed by atoms with Crippen LogP contribution in [0.25, 0.3) is 0 Å². The second-order valence-corrected chi connectivity index (χ2v) is 7.55. The molecule has 0 amide bonds. The van der Waals surface area contributed by atoms with Crippen LogP contribution in [0.2, 0.25) is 0 Å². The predicted molar refractivity (Wildman–Crippen MR) is 90.5 cm³/mol. The lowest BCUT2D eigenvalue weighted by molar-refractivity contribution is -0.133. The van der Waals surface area contributed by atoms with E-state index in [-0.39, 0.29) is 17.6 Å². The van der Waals surface area contributed by atoms with Crippen LogP contribution < -0.4 is 11.1 Å². The molecule has 116 valence electrons. The summed E-state index contributed by atoms with van der Waals surface area (Å²) in [6.45, 7) is 3.84. The van der Waals surface area contributed by atoms with Gasteiger partial charge in [0.2, 0.25) is 0 Å². The summed E-state index contributed by atoms with van der Waals surface area (Å²) in [5, 5.41) is 11.6.